The summed E-state index contributed by atoms with van der Waals surface area (Å²) >= 11 is 0. The van der Waals surface area contributed by atoms with Gasteiger partial charge in [-0.25, -0.2) is 0 Å². The number of nitrogens with zero attached hydrogens (tertiary/aromatic N) is 3. The first-order valence-electron chi connectivity index (χ1n) is 8.89. The molecule has 1 amide bonds. The highest BCUT2D eigenvalue weighted by Gasteiger charge is 2.35. The molecule has 1 aliphatic rings. The second-order valence-corrected chi connectivity index (χ2v) is 7.08. The van der Waals surface area contributed by atoms with E-state index in [1.165, 1.54) is 0 Å². The third-order valence-corrected chi connectivity index (χ3v) is 4.99. The average Bonchev–Trinajstić information content (AvgIpc) is 2.85. The highest BCUT2D eigenvalue weighted by molar-refractivity contribution is 5.76. The number of amides is 1. The van der Waals surface area contributed by atoms with Crippen LogP contribution >= 0.6 is 0 Å². The maximum Gasteiger partial charge on any atom is 0.222 e. The van der Waals surface area contributed by atoms with Crippen LogP contribution in [0, 0.1) is 19.3 Å². The van der Waals surface area contributed by atoms with E-state index in [1.54, 1.807) is 0 Å². The van der Waals surface area contributed by atoms with Crippen molar-refractivity contribution in [1.82, 2.24) is 14.7 Å². The summed E-state index contributed by atoms with van der Waals surface area (Å²) in [5.41, 5.74) is 2.10. The van der Waals surface area contributed by atoms with E-state index in [9.17, 15) is 9.90 Å². The Morgan fingerprint density at radius 1 is 1.43 bits per heavy atom. The Balaban J connectivity index is 1.84. The minimum atomic E-state index is -0.0711. The quantitative estimate of drug-likeness (QED) is 0.840. The summed E-state index contributed by atoms with van der Waals surface area (Å²) in [5, 5.41) is 14.2. The lowest BCUT2D eigenvalue weighted by Gasteiger charge is -2.42. The summed E-state index contributed by atoms with van der Waals surface area (Å²) in [7, 11) is 0. The molecule has 0 radical (unpaired) electrons. The van der Waals surface area contributed by atoms with Gasteiger partial charge in [-0.2, -0.15) is 5.10 Å². The Morgan fingerprint density at radius 3 is 2.83 bits per heavy atom. The lowest BCUT2D eigenvalue weighted by Crippen LogP contribution is -2.47. The summed E-state index contributed by atoms with van der Waals surface area (Å²) in [6.45, 7) is 8.72. The molecule has 1 aliphatic heterocycles. The second kappa shape index (κ2) is 7.95. The van der Waals surface area contributed by atoms with Crippen molar-refractivity contribution >= 4 is 5.91 Å². The number of piperidine rings is 1. The van der Waals surface area contributed by atoms with Crippen molar-refractivity contribution in [2.75, 3.05) is 19.7 Å². The van der Waals surface area contributed by atoms with Gasteiger partial charge in [0.15, 0.2) is 0 Å². The number of hydrogen-bond acceptors (Lipinski definition) is 3. The summed E-state index contributed by atoms with van der Waals surface area (Å²) in [5.74, 6) is 0.222. The van der Waals surface area contributed by atoms with E-state index in [0.29, 0.717) is 6.42 Å². The second-order valence-electron chi connectivity index (χ2n) is 7.08. The fourth-order valence-corrected chi connectivity index (χ4v) is 3.80. The molecule has 1 N–H and O–H groups in total. The van der Waals surface area contributed by atoms with Crippen LogP contribution in [0.1, 0.15) is 56.8 Å². The first-order chi connectivity index (χ1) is 11.0. The first-order valence-corrected chi connectivity index (χ1v) is 8.89. The molecule has 0 aliphatic carbocycles. The van der Waals surface area contributed by atoms with Gasteiger partial charge < -0.3 is 10.0 Å². The van der Waals surface area contributed by atoms with E-state index >= 15 is 0 Å². The van der Waals surface area contributed by atoms with Gasteiger partial charge in [0.05, 0.1) is 12.3 Å². The number of carbonyl (C=O) groups is 1. The molecule has 1 aromatic heterocycles. The summed E-state index contributed by atoms with van der Waals surface area (Å²) in [6.07, 6.45) is 5.47. The van der Waals surface area contributed by atoms with E-state index < -0.39 is 0 Å². The third-order valence-electron chi connectivity index (χ3n) is 4.99. The monoisotopic (exact) mass is 321 g/mol. The number of aromatic nitrogens is 2. The smallest absolute Gasteiger partial charge is 0.222 e. The van der Waals surface area contributed by atoms with Gasteiger partial charge in [-0.05, 0) is 45.6 Å². The highest BCUT2D eigenvalue weighted by atomic mass is 16.3. The van der Waals surface area contributed by atoms with Crippen LogP contribution in [0.15, 0.2) is 6.07 Å². The molecule has 1 saturated heterocycles. The topological polar surface area (TPSA) is 58.4 Å². The van der Waals surface area contributed by atoms with E-state index in [-0.39, 0.29) is 17.9 Å². The molecular weight excluding hydrogens is 290 g/mol. The van der Waals surface area contributed by atoms with Crippen molar-refractivity contribution < 1.29 is 9.90 Å². The first kappa shape index (κ1) is 18.0. The molecule has 23 heavy (non-hydrogen) atoms. The Labute approximate surface area is 139 Å². The molecule has 0 unspecified atom stereocenters. The van der Waals surface area contributed by atoms with Gasteiger partial charge in [-0.3, -0.25) is 9.48 Å². The zero-order valence-corrected chi connectivity index (χ0v) is 14.8. The Hall–Kier alpha value is -1.36. The molecule has 1 atom stereocenters. The molecule has 0 saturated carbocycles. The fraction of sp³-hybridized carbons (Fsp3) is 0.778. The van der Waals surface area contributed by atoms with Gasteiger partial charge in [-0.1, -0.05) is 13.3 Å². The van der Waals surface area contributed by atoms with Gasteiger partial charge >= 0.3 is 0 Å². The van der Waals surface area contributed by atoms with Crippen LogP contribution in [0.25, 0.3) is 0 Å². The lowest BCUT2D eigenvalue weighted by molar-refractivity contribution is -0.136. The van der Waals surface area contributed by atoms with E-state index in [2.05, 4.69) is 18.1 Å². The molecule has 1 fully saturated rings. The lowest BCUT2D eigenvalue weighted by atomic mass is 9.77. The van der Waals surface area contributed by atoms with Gasteiger partial charge in [0, 0.05) is 37.2 Å². The van der Waals surface area contributed by atoms with Crippen molar-refractivity contribution in [3.8, 4) is 0 Å². The molecule has 0 spiro atoms. The molecular formula is C18H31N3O2. The SMILES string of the molecule is CCC[C@@]1(CO)CCCN(C(=O)CCCn2nc(C)cc2C)C1. The van der Waals surface area contributed by atoms with Gasteiger partial charge in [-0.15, -0.1) is 0 Å². The minimum Gasteiger partial charge on any atom is -0.396 e. The van der Waals surface area contributed by atoms with Crippen molar-refractivity contribution in [1.29, 1.82) is 0 Å². The Bertz CT molecular complexity index is 522. The standard InChI is InChI=1S/C18H31N3O2/c1-4-8-18(14-22)9-6-10-20(13-18)17(23)7-5-11-21-16(3)12-15(2)19-21/h12,22H,4-11,13-14H2,1-3H3/t18-/m1/s1. The fourth-order valence-electron chi connectivity index (χ4n) is 3.80. The van der Waals surface area contributed by atoms with Crippen LogP contribution in [0.5, 0.6) is 0 Å². The molecule has 5 nitrogen and oxygen atoms in total. The summed E-state index contributed by atoms with van der Waals surface area (Å²) in [4.78, 5) is 14.5. The summed E-state index contributed by atoms with van der Waals surface area (Å²) in [6, 6.07) is 2.06. The van der Waals surface area contributed by atoms with Crippen LogP contribution in [0.3, 0.4) is 0 Å². The molecule has 0 bridgehead atoms. The van der Waals surface area contributed by atoms with Gasteiger partial charge in [0.25, 0.3) is 0 Å². The predicted octanol–water partition coefficient (Wildman–Crippen LogP) is 2.68. The number of aliphatic hydroxyl groups is 1. The zero-order valence-electron chi connectivity index (χ0n) is 14.8. The predicted molar refractivity (Wildman–Crippen MR) is 91.2 cm³/mol. The number of aryl methyl sites for hydroxylation is 3. The molecule has 0 aromatic carbocycles. The average molecular weight is 321 g/mol. The van der Waals surface area contributed by atoms with Crippen LogP contribution in [-0.4, -0.2) is 45.4 Å². The summed E-state index contributed by atoms with van der Waals surface area (Å²) < 4.78 is 1.98. The van der Waals surface area contributed by atoms with E-state index in [1.807, 2.05) is 23.4 Å². The zero-order chi connectivity index (χ0) is 16.9. The van der Waals surface area contributed by atoms with Gasteiger partial charge in [0.1, 0.15) is 0 Å². The number of aliphatic hydroxyl groups excluding tert-OH is 1. The van der Waals surface area contributed by atoms with Gasteiger partial charge in [0.2, 0.25) is 5.91 Å². The van der Waals surface area contributed by atoms with Crippen molar-refractivity contribution in [2.24, 2.45) is 5.41 Å². The van der Waals surface area contributed by atoms with E-state index in [0.717, 1.165) is 63.1 Å². The normalized spacial score (nSPS) is 21.7. The van der Waals surface area contributed by atoms with Crippen molar-refractivity contribution in [2.45, 2.75) is 65.8 Å². The molecule has 130 valence electrons. The molecule has 5 heteroatoms. The third kappa shape index (κ3) is 4.56. The van der Waals surface area contributed by atoms with Crippen molar-refractivity contribution in [3.63, 3.8) is 0 Å². The van der Waals surface area contributed by atoms with Crippen LogP contribution < -0.4 is 0 Å². The number of carbonyl (C=O) groups excluding carboxylic acids is 1. The molecule has 2 rings (SSSR count). The molecule has 1 aromatic rings. The largest absolute Gasteiger partial charge is 0.396 e. The van der Waals surface area contributed by atoms with Crippen LogP contribution in [0.4, 0.5) is 0 Å². The number of rotatable bonds is 7. The number of likely N-dealkylation sites (tertiary alicyclic amines) is 1. The maximum atomic E-state index is 12.5. The highest BCUT2D eigenvalue weighted by Crippen LogP contribution is 2.34. The van der Waals surface area contributed by atoms with E-state index in [4.69, 9.17) is 0 Å². The van der Waals surface area contributed by atoms with Crippen LogP contribution in [0.2, 0.25) is 0 Å². The van der Waals surface area contributed by atoms with Crippen molar-refractivity contribution in [3.05, 3.63) is 17.5 Å². The minimum absolute atomic E-state index is 0.0711. The Morgan fingerprint density at radius 2 is 2.22 bits per heavy atom. The molecule has 2 heterocycles. The Kier molecular flexibility index (Phi) is 6.22. The number of hydrogen-bond donors (Lipinski definition) is 1. The maximum absolute atomic E-state index is 12.5. The van der Waals surface area contributed by atoms with Crippen LogP contribution in [-0.2, 0) is 11.3 Å².